The lowest BCUT2D eigenvalue weighted by atomic mass is 9.91. The van der Waals surface area contributed by atoms with Crippen LogP contribution in [0.4, 0.5) is 40.5 Å². The number of anilines is 5. The average molecular weight is 794 g/mol. The van der Waals surface area contributed by atoms with Crippen molar-refractivity contribution in [3.63, 3.8) is 0 Å². The second-order valence-corrected chi connectivity index (χ2v) is 13.1. The van der Waals surface area contributed by atoms with Gasteiger partial charge in [0.1, 0.15) is 11.4 Å². The molecule has 0 radical (unpaired) electrons. The summed E-state index contributed by atoms with van der Waals surface area (Å²) in [7, 11) is 0. The molecule has 5 aromatic rings. The quantitative estimate of drug-likeness (QED) is 0.0496. The lowest BCUT2D eigenvalue weighted by Gasteiger charge is -2.15. The Morgan fingerprint density at radius 3 is 1.82 bits per heavy atom. The van der Waals surface area contributed by atoms with Crippen molar-refractivity contribution in [3.05, 3.63) is 86.5 Å². The van der Waals surface area contributed by atoms with Gasteiger partial charge in [-0.05, 0) is 42.5 Å². The molecule has 5 rings (SSSR count). The Bertz CT molecular complexity index is 2410. The number of aromatic carboxylic acids is 4. The van der Waals surface area contributed by atoms with Crippen LogP contribution in [-0.4, -0.2) is 75.5 Å². The number of hydrogen-bond acceptors (Lipinski definition) is 15. The highest BCUT2D eigenvalue weighted by atomic mass is 35.5. The third kappa shape index (κ3) is 8.89. The number of carboxylic acid groups (broad SMARTS) is 4. The van der Waals surface area contributed by atoms with E-state index in [1.165, 1.54) is 18.2 Å². The second kappa shape index (κ2) is 15.4. The standard InChI is InChI=1S/C33H26Cl2N10O10/c1-33(2,3)24-23(43-42-22-10-19(29(53)54)20(34)11-21(22)35)25(36)45(44-24)32-40-30(37-16-5-13(26(47)48)4-14(6-16)27(49)50)39-31(41-32)38-17-7-15(28(51)52)8-18(9-17)55-12-46/h4-12H,36H2,1-3H3,(H,47,48)(H,49,50)(H,51,52)(H,53,54)(H2,37,38,39,40,41)/b43-42+. The molecule has 282 valence electrons. The van der Waals surface area contributed by atoms with Crippen LogP contribution in [0, 0.1) is 0 Å². The number of nitrogens with one attached hydrogen (secondary N) is 2. The van der Waals surface area contributed by atoms with E-state index in [2.05, 4.69) is 40.9 Å². The molecule has 0 spiro atoms. The first-order chi connectivity index (χ1) is 25.8. The van der Waals surface area contributed by atoms with Gasteiger partial charge in [0, 0.05) is 22.9 Å². The average Bonchev–Trinajstić information content (AvgIpc) is 3.43. The minimum Gasteiger partial charge on any atom is -0.478 e. The van der Waals surface area contributed by atoms with Gasteiger partial charge in [-0.3, -0.25) is 4.79 Å². The zero-order valence-corrected chi connectivity index (χ0v) is 29.9. The van der Waals surface area contributed by atoms with Gasteiger partial charge in [0.25, 0.3) is 12.4 Å². The lowest BCUT2D eigenvalue weighted by Crippen LogP contribution is -2.15. The van der Waals surface area contributed by atoms with Crippen LogP contribution >= 0.6 is 23.2 Å². The molecule has 0 fully saturated rings. The maximum Gasteiger partial charge on any atom is 0.337 e. The molecule has 20 nitrogen and oxygen atoms in total. The van der Waals surface area contributed by atoms with Crippen molar-refractivity contribution in [1.29, 1.82) is 0 Å². The van der Waals surface area contributed by atoms with E-state index in [1.54, 1.807) is 20.8 Å². The summed E-state index contributed by atoms with van der Waals surface area (Å²) in [5.74, 6) is -6.75. The minimum absolute atomic E-state index is 0.00453. The molecule has 0 aliphatic rings. The normalized spacial score (nSPS) is 11.3. The Hall–Kier alpha value is -7.19. The number of halogens is 2. The van der Waals surface area contributed by atoms with Crippen LogP contribution in [0.15, 0.2) is 58.8 Å². The number of nitrogen functional groups attached to an aromatic ring is 1. The van der Waals surface area contributed by atoms with Crippen molar-refractivity contribution in [3.8, 4) is 11.7 Å². The molecule has 2 aromatic heterocycles. The lowest BCUT2D eigenvalue weighted by molar-refractivity contribution is -0.120. The van der Waals surface area contributed by atoms with E-state index in [0.717, 1.165) is 35.0 Å². The fourth-order valence-electron chi connectivity index (χ4n) is 4.76. The van der Waals surface area contributed by atoms with Gasteiger partial charge < -0.3 is 41.5 Å². The van der Waals surface area contributed by atoms with E-state index in [-0.39, 0.29) is 96.6 Å². The number of aromatic nitrogens is 5. The summed E-state index contributed by atoms with van der Waals surface area (Å²) in [6.45, 7) is 5.45. The monoisotopic (exact) mass is 792 g/mol. The first kappa shape index (κ1) is 39.0. The predicted molar refractivity (Wildman–Crippen MR) is 195 cm³/mol. The molecule has 0 unspecified atom stereocenters. The zero-order valence-electron chi connectivity index (χ0n) is 28.4. The van der Waals surface area contributed by atoms with Crippen LogP contribution < -0.4 is 21.1 Å². The molecule has 8 N–H and O–H groups in total. The smallest absolute Gasteiger partial charge is 0.337 e. The summed E-state index contributed by atoms with van der Waals surface area (Å²) in [4.78, 5) is 71.1. The topological polar surface area (TPSA) is 307 Å². The van der Waals surface area contributed by atoms with Crippen molar-refractivity contribution in [2.75, 3.05) is 16.4 Å². The number of hydrogen-bond donors (Lipinski definition) is 7. The van der Waals surface area contributed by atoms with E-state index < -0.39 is 29.3 Å². The Morgan fingerprint density at radius 2 is 1.31 bits per heavy atom. The molecule has 0 atom stereocenters. The molecular formula is C33H26Cl2N10O10. The summed E-state index contributed by atoms with van der Waals surface area (Å²) >= 11 is 12.3. The van der Waals surface area contributed by atoms with Crippen molar-refractivity contribution >= 4 is 94.0 Å². The predicted octanol–water partition coefficient (Wildman–Crippen LogP) is 6.47. The Labute approximate surface area is 318 Å². The van der Waals surface area contributed by atoms with E-state index in [4.69, 9.17) is 33.7 Å². The molecular weight excluding hydrogens is 767 g/mol. The second-order valence-electron chi connectivity index (χ2n) is 12.2. The Morgan fingerprint density at radius 1 is 0.764 bits per heavy atom. The number of carboxylic acids is 4. The van der Waals surface area contributed by atoms with Crippen LogP contribution in [0.25, 0.3) is 5.95 Å². The molecule has 0 bridgehead atoms. The van der Waals surface area contributed by atoms with Crippen molar-refractivity contribution in [2.24, 2.45) is 10.2 Å². The summed E-state index contributed by atoms with van der Waals surface area (Å²) in [5, 5.41) is 56.6. The first-order valence-electron chi connectivity index (χ1n) is 15.3. The molecule has 0 aliphatic carbocycles. The van der Waals surface area contributed by atoms with Gasteiger partial charge >= 0.3 is 23.9 Å². The number of azo groups is 1. The number of ether oxygens (including phenoxy) is 1. The highest BCUT2D eigenvalue weighted by Crippen LogP contribution is 2.39. The van der Waals surface area contributed by atoms with Crippen LogP contribution in [0.5, 0.6) is 5.75 Å². The Balaban J connectivity index is 1.69. The highest BCUT2D eigenvalue weighted by molar-refractivity contribution is 6.37. The van der Waals surface area contributed by atoms with Crippen molar-refractivity contribution < 1.29 is 49.1 Å². The van der Waals surface area contributed by atoms with Crippen molar-refractivity contribution in [1.82, 2.24) is 24.7 Å². The molecule has 0 saturated carbocycles. The van der Waals surface area contributed by atoms with Gasteiger partial charge in [-0.1, -0.05) is 44.0 Å². The fourth-order valence-corrected chi connectivity index (χ4v) is 5.26. The van der Waals surface area contributed by atoms with Gasteiger partial charge in [-0.25, -0.2) is 19.2 Å². The van der Waals surface area contributed by atoms with Crippen LogP contribution in [0.1, 0.15) is 67.9 Å². The molecule has 0 aliphatic heterocycles. The number of nitrogens with two attached hydrogens (primary N) is 1. The maximum absolute atomic E-state index is 11.8. The number of rotatable bonds is 13. The SMILES string of the molecule is CC(C)(C)c1nn(-c2nc(Nc3cc(OC=O)cc(C(=O)O)c3)nc(Nc3cc(C(=O)O)cc(C(=O)O)c3)n2)c(N)c1/N=N/c1cc(C(=O)O)c(Cl)cc1Cl. The van der Waals surface area contributed by atoms with E-state index >= 15 is 0 Å². The summed E-state index contributed by atoms with van der Waals surface area (Å²) in [5.41, 5.74) is 4.66. The summed E-state index contributed by atoms with van der Waals surface area (Å²) in [6.07, 6.45) is 0. The number of carbonyl (C=O) groups excluding carboxylic acids is 1. The van der Waals surface area contributed by atoms with E-state index in [1.807, 2.05) is 0 Å². The fraction of sp³-hybridized carbons (Fsp3) is 0.121. The number of benzene rings is 3. The molecule has 55 heavy (non-hydrogen) atoms. The third-order valence-corrected chi connectivity index (χ3v) is 7.84. The molecule has 3 aromatic carbocycles. The molecule has 0 amide bonds. The third-order valence-electron chi connectivity index (χ3n) is 7.22. The minimum atomic E-state index is -1.42. The van der Waals surface area contributed by atoms with Crippen LogP contribution in [0.3, 0.4) is 0 Å². The summed E-state index contributed by atoms with van der Waals surface area (Å²) < 4.78 is 5.90. The zero-order chi connectivity index (χ0) is 40.4. The Kier molecular flexibility index (Phi) is 10.9. The maximum atomic E-state index is 11.8. The van der Waals surface area contributed by atoms with Crippen LogP contribution in [-0.2, 0) is 10.2 Å². The number of carbonyl (C=O) groups is 5. The van der Waals surface area contributed by atoms with Crippen LogP contribution in [0.2, 0.25) is 10.0 Å². The number of nitrogens with zero attached hydrogens (tertiary/aromatic N) is 7. The largest absolute Gasteiger partial charge is 0.478 e. The van der Waals surface area contributed by atoms with E-state index in [0.29, 0.717) is 0 Å². The molecule has 0 saturated heterocycles. The van der Waals surface area contributed by atoms with Gasteiger partial charge in [0.05, 0.1) is 38.0 Å². The van der Waals surface area contributed by atoms with Gasteiger partial charge in [0.2, 0.25) is 11.9 Å². The van der Waals surface area contributed by atoms with Gasteiger partial charge in [-0.15, -0.1) is 10.2 Å². The first-order valence-corrected chi connectivity index (χ1v) is 16.0. The van der Waals surface area contributed by atoms with Gasteiger partial charge in [-0.2, -0.15) is 24.7 Å². The molecule has 22 heteroatoms. The highest BCUT2D eigenvalue weighted by Gasteiger charge is 2.28. The van der Waals surface area contributed by atoms with E-state index in [9.17, 15) is 44.4 Å². The molecule has 2 heterocycles. The summed E-state index contributed by atoms with van der Waals surface area (Å²) in [6, 6.07) is 9.06. The van der Waals surface area contributed by atoms with Crippen molar-refractivity contribution in [2.45, 2.75) is 26.2 Å². The van der Waals surface area contributed by atoms with Gasteiger partial charge in [0.15, 0.2) is 11.5 Å².